The van der Waals surface area contributed by atoms with E-state index in [4.69, 9.17) is 14.2 Å². The molecule has 0 aliphatic carbocycles. The fraction of sp³-hybridized carbons (Fsp3) is 1.00. The number of hydrogen-bond acceptors (Lipinski definition) is 3. The first-order chi connectivity index (χ1) is 7.81. The van der Waals surface area contributed by atoms with E-state index in [0.717, 1.165) is 12.8 Å². The second-order valence-corrected chi connectivity index (χ2v) is 6.46. The van der Waals surface area contributed by atoms with E-state index in [9.17, 15) is 0 Å². The molecule has 0 amide bonds. The van der Waals surface area contributed by atoms with Crippen molar-refractivity contribution in [2.24, 2.45) is 0 Å². The second kappa shape index (κ2) is 8.72. The Labute approximate surface area is 120 Å². The van der Waals surface area contributed by atoms with Gasteiger partial charge in [-0.15, -0.1) is 0 Å². The molecule has 3 nitrogen and oxygen atoms in total. The summed E-state index contributed by atoms with van der Waals surface area (Å²) in [7, 11) is 0. The third-order valence-electron chi connectivity index (χ3n) is 1.91. The molecule has 4 heteroatoms. The average Bonchev–Trinajstić information content (AvgIpc) is 2.11. The molecule has 3 radical (unpaired) electrons. The van der Waals surface area contributed by atoms with Crippen LogP contribution in [0.15, 0.2) is 0 Å². The molecule has 0 rings (SSSR count). The van der Waals surface area contributed by atoms with Gasteiger partial charge in [-0.1, -0.05) is 0 Å². The normalized spacial score (nSPS) is 13.1. The van der Waals surface area contributed by atoms with E-state index in [-0.39, 0.29) is 18.3 Å². The van der Waals surface area contributed by atoms with E-state index in [0.29, 0.717) is 0 Å². The van der Waals surface area contributed by atoms with Gasteiger partial charge >= 0.3 is 120 Å². The molecule has 0 saturated carbocycles. The van der Waals surface area contributed by atoms with Gasteiger partial charge in [0.05, 0.1) is 0 Å². The molecular weight excluding hydrogens is 323 g/mol. The average molecular weight is 350 g/mol. The van der Waals surface area contributed by atoms with Gasteiger partial charge in [0.15, 0.2) is 0 Å². The summed E-state index contributed by atoms with van der Waals surface area (Å²) >= 11 is 1.54. The summed E-state index contributed by atoms with van der Waals surface area (Å²) in [6, 6.07) is 0. The van der Waals surface area contributed by atoms with Crippen molar-refractivity contribution in [1.82, 2.24) is 0 Å². The molecule has 0 atom stereocenters. The molecule has 0 aliphatic rings. The molecule has 0 spiro atoms. The molecular formula is C13H27O3Sn. The SMILES string of the molecule is CC(C)OC(CC[CH2][Sn])(OC(C)C)OC(C)C. The van der Waals surface area contributed by atoms with Crippen molar-refractivity contribution in [3.05, 3.63) is 0 Å². The Morgan fingerprint density at radius 3 is 1.41 bits per heavy atom. The standard InChI is InChI=1S/C13H27O3.Sn/c1-8-9-13(14-10(2)3,15-11(4)5)16-12(6)7;/h10-12H,1,8-9H2,2-7H3;. The van der Waals surface area contributed by atoms with Crippen molar-refractivity contribution >= 4 is 22.5 Å². The van der Waals surface area contributed by atoms with Crippen LogP contribution >= 0.6 is 0 Å². The van der Waals surface area contributed by atoms with Crippen LogP contribution in [0.3, 0.4) is 0 Å². The van der Waals surface area contributed by atoms with E-state index >= 15 is 0 Å². The van der Waals surface area contributed by atoms with E-state index in [1.54, 1.807) is 22.5 Å². The summed E-state index contributed by atoms with van der Waals surface area (Å²) in [5, 5.41) is 0. The van der Waals surface area contributed by atoms with Crippen LogP contribution in [0.5, 0.6) is 0 Å². The zero-order chi connectivity index (χ0) is 13.5. The van der Waals surface area contributed by atoms with Crippen LogP contribution in [0.1, 0.15) is 54.4 Å². The van der Waals surface area contributed by atoms with E-state index < -0.39 is 5.97 Å². The summed E-state index contributed by atoms with van der Waals surface area (Å²) in [6.45, 7) is 12.1. The fourth-order valence-electron chi connectivity index (χ4n) is 1.64. The Morgan fingerprint density at radius 1 is 0.824 bits per heavy atom. The van der Waals surface area contributed by atoms with Gasteiger partial charge in [-0.2, -0.15) is 0 Å². The van der Waals surface area contributed by atoms with Gasteiger partial charge in [0, 0.05) is 0 Å². The topological polar surface area (TPSA) is 27.7 Å². The molecule has 0 saturated heterocycles. The van der Waals surface area contributed by atoms with Crippen molar-refractivity contribution in [3.8, 4) is 0 Å². The molecule has 0 N–H and O–H groups in total. The quantitative estimate of drug-likeness (QED) is 0.472. The Kier molecular flexibility index (Phi) is 9.07. The maximum atomic E-state index is 5.93. The summed E-state index contributed by atoms with van der Waals surface area (Å²) in [5.41, 5.74) is 0. The Bertz CT molecular complexity index is 167. The number of hydrogen-bond donors (Lipinski definition) is 0. The molecule has 17 heavy (non-hydrogen) atoms. The van der Waals surface area contributed by atoms with Crippen molar-refractivity contribution in [3.63, 3.8) is 0 Å². The molecule has 0 heterocycles. The van der Waals surface area contributed by atoms with Gasteiger partial charge in [0.25, 0.3) is 0 Å². The predicted octanol–water partition coefficient (Wildman–Crippen LogP) is 3.28. The first kappa shape index (κ1) is 17.7. The predicted molar refractivity (Wildman–Crippen MR) is 71.2 cm³/mol. The van der Waals surface area contributed by atoms with Gasteiger partial charge in [-0.25, -0.2) is 0 Å². The monoisotopic (exact) mass is 351 g/mol. The molecule has 0 bridgehead atoms. The van der Waals surface area contributed by atoms with Gasteiger partial charge in [0.1, 0.15) is 0 Å². The van der Waals surface area contributed by atoms with Gasteiger partial charge in [-0.3, -0.25) is 0 Å². The van der Waals surface area contributed by atoms with E-state index in [1.807, 2.05) is 41.5 Å². The van der Waals surface area contributed by atoms with E-state index in [1.165, 1.54) is 4.44 Å². The van der Waals surface area contributed by atoms with Crippen LogP contribution in [-0.4, -0.2) is 46.8 Å². The molecule has 0 unspecified atom stereocenters. The van der Waals surface area contributed by atoms with Crippen molar-refractivity contribution < 1.29 is 14.2 Å². The summed E-state index contributed by atoms with van der Waals surface area (Å²) < 4.78 is 19.0. The third-order valence-corrected chi connectivity index (χ3v) is 2.91. The molecule has 0 aliphatic heterocycles. The van der Waals surface area contributed by atoms with Crippen LogP contribution in [0.4, 0.5) is 0 Å². The minimum atomic E-state index is -0.868. The van der Waals surface area contributed by atoms with E-state index in [2.05, 4.69) is 0 Å². The van der Waals surface area contributed by atoms with Crippen LogP contribution < -0.4 is 0 Å². The molecule has 0 fully saturated rings. The zero-order valence-electron chi connectivity index (χ0n) is 12.1. The second-order valence-electron chi connectivity index (χ2n) is 5.04. The van der Waals surface area contributed by atoms with Crippen molar-refractivity contribution in [2.75, 3.05) is 0 Å². The zero-order valence-corrected chi connectivity index (χ0v) is 14.9. The van der Waals surface area contributed by atoms with Crippen LogP contribution in [0.25, 0.3) is 0 Å². The van der Waals surface area contributed by atoms with Gasteiger partial charge < -0.3 is 0 Å². The minimum absolute atomic E-state index is 0.0947. The maximum absolute atomic E-state index is 5.93. The summed E-state index contributed by atoms with van der Waals surface area (Å²) in [5.74, 6) is -0.868. The molecule has 0 aromatic carbocycles. The third kappa shape index (κ3) is 8.40. The molecule has 0 aromatic heterocycles. The van der Waals surface area contributed by atoms with Gasteiger partial charge in [0.2, 0.25) is 0 Å². The Hall–Kier alpha value is 0.679. The number of rotatable bonds is 9. The summed E-state index contributed by atoms with van der Waals surface area (Å²) in [4.78, 5) is 0. The first-order valence-electron chi connectivity index (χ1n) is 6.49. The Morgan fingerprint density at radius 2 is 1.18 bits per heavy atom. The molecule has 0 aromatic rings. The molecule has 101 valence electrons. The van der Waals surface area contributed by atoms with Crippen molar-refractivity contribution in [1.29, 1.82) is 0 Å². The Balaban J connectivity index is 4.76. The van der Waals surface area contributed by atoms with Crippen LogP contribution in [0, 0.1) is 0 Å². The number of ether oxygens (including phenoxy) is 3. The van der Waals surface area contributed by atoms with Crippen LogP contribution in [0.2, 0.25) is 4.44 Å². The summed E-state index contributed by atoms with van der Waals surface area (Å²) in [6.07, 6.45) is 2.16. The first-order valence-corrected chi connectivity index (χ1v) is 8.51. The van der Waals surface area contributed by atoms with Crippen molar-refractivity contribution in [2.45, 2.75) is 83.1 Å². The fourth-order valence-corrected chi connectivity index (χ4v) is 2.15. The van der Waals surface area contributed by atoms with Crippen LogP contribution in [-0.2, 0) is 14.2 Å². The van der Waals surface area contributed by atoms with Gasteiger partial charge in [-0.05, 0) is 0 Å².